The summed E-state index contributed by atoms with van der Waals surface area (Å²) in [6.45, 7) is 10.4. The summed E-state index contributed by atoms with van der Waals surface area (Å²) in [6.07, 6.45) is 1.23. The number of morpholine rings is 1. The lowest BCUT2D eigenvalue weighted by atomic mass is 9.96. The van der Waals surface area contributed by atoms with Crippen LogP contribution in [0.4, 0.5) is 0 Å². The molecule has 2 saturated heterocycles. The van der Waals surface area contributed by atoms with Crippen molar-refractivity contribution < 1.29 is 9.53 Å². The van der Waals surface area contributed by atoms with Crippen molar-refractivity contribution >= 4 is 5.91 Å². The maximum atomic E-state index is 11.9. The first kappa shape index (κ1) is 15.5. The molecule has 0 unspecified atom stereocenters. The molecule has 0 radical (unpaired) electrons. The molecular weight excluding hydrogens is 276 g/mol. The average Bonchev–Trinajstić information content (AvgIpc) is 2.50. The van der Waals surface area contributed by atoms with Crippen LogP contribution in [0.1, 0.15) is 30.0 Å². The Morgan fingerprint density at radius 3 is 2.68 bits per heavy atom. The number of carbonyl (C=O) groups is 1. The zero-order valence-electron chi connectivity index (χ0n) is 13.8. The number of carbonyl (C=O) groups excluding carboxylic acids is 1. The number of ether oxygens (including phenoxy) is 1. The van der Waals surface area contributed by atoms with E-state index < -0.39 is 0 Å². The molecule has 2 heterocycles. The van der Waals surface area contributed by atoms with E-state index >= 15 is 0 Å². The Labute approximate surface area is 133 Å². The molecule has 4 heteroatoms. The Morgan fingerprint density at radius 2 is 2.00 bits per heavy atom. The van der Waals surface area contributed by atoms with Gasteiger partial charge in [0.2, 0.25) is 5.91 Å². The van der Waals surface area contributed by atoms with Crippen LogP contribution >= 0.6 is 0 Å². The van der Waals surface area contributed by atoms with Gasteiger partial charge >= 0.3 is 0 Å². The molecule has 120 valence electrons. The van der Waals surface area contributed by atoms with Crippen LogP contribution in [0, 0.1) is 13.8 Å². The van der Waals surface area contributed by atoms with Crippen LogP contribution < -0.4 is 0 Å². The van der Waals surface area contributed by atoms with Crippen LogP contribution in [-0.2, 0) is 16.1 Å². The Morgan fingerprint density at radius 1 is 1.27 bits per heavy atom. The van der Waals surface area contributed by atoms with Crippen LogP contribution in [0.3, 0.4) is 0 Å². The lowest BCUT2D eigenvalue weighted by molar-refractivity contribution is -0.150. The molecule has 0 aliphatic carbocycles. The largest absolute Gasteiger partial charge is 0.374 e. The normalized spacial score (nSPS) is 25.9. The second-order valence-corrected chi connectivity index (χ2v) is 6.58. The summed E-state index contributed by atoms with van der Waals surface area (Å²) >= 11 is 0. The second-order valence-electron chi connectivity index (χ2n) is 6.58. The van der Waals surface area contributed by atoms with Crippen molar-refractivity contribution in [2.75, 3.05) is 26.2 Å². The standard InChI is InChI=1S/C18H26N2O2/c1-13-5-4-6-14(2)16(13)11-19-8-7-18-17(12-19)20(15(3)21)9-10-22-18/h4-6,17-18H,7-12H2,1-3H3/t17-,18-/m0/s1. The van der Waals surface area contributed by atoms with Crippen LogP contribution in [0.25, 0.3) is 0 Å². The van der Waals surface area contributed by atoms with Crippen LogP contribution in [0.5, 0.6) is 0 Å². The summed E-state index contributed by atoms with van der Waals surface area (Å²) in [5.74, 6) is 0.173. The second kappa shape index (κ2) is 6.39. The molecule has 2 aliphatic heterocycles. The minimum absolute atomic E-state index is 0.173. The third-order valence-electron chi connectivity index (χ3n) is 5.10. The molecule has 0 bridgehead atoms. The monoisotopic (exact) mass is 302 g/mol. The van der Waals surface area contributed by atoms with Crippen molar-refractivity contribution in [3.8, 4) is 0 Å². The molecule has 0 spiro atoms. The van der Waals surface area contributed by atoms with Crippen molar-refractivity contribution in [3.05, 3.63) is 34.9 Å². The minimum atomic E-state index is 0.173. The molecule has 4 nitrogen and oxygen atoms in total. The predicted octanol–water partition coefficient (Wildman–Crippen LogP) is 2.13. The van der Waals surface area contributed by atoms with E-state index in [9.17, 15) is 4.79 Å². The highest BCUT2D eigenvalue weighted by Gasteiger charge is 2.38. The Hall–Kier alpha value is -1.39. The van der Waals surface area contributed by atoms with Gasteiger partial charge in [0, 0.05) is 33.1 Å². The number of fused-ring (bicyclic) bond motifs is 1. The van der Waals surface area contributed by atoms with Gasteiger partial charge in [-0.05, 0) is 37.0 Å². The number of rotatable bonds is 2. The first-order valence-corrected chi connectivity index (χ1v) is 8.22. The molecule has 3 rings (SSSR count). The summed E-state index contributed by atoms with van der Waals surface area (Å²) in [5.41, 5.74) is 4.13. The van der Waals surface area contributed by atoms with Gasteiger partial charge in [-0.15, -0.1) is 0 Å². The smallest absolute Gasteiger partial charge is 0.219 e. The number of amides is 1. The number of nitrogens with zero attached hydrogens (tertiary/aromatic N) is 2. The summed E-state index contributed by atoms with van der Waals surface area (Å²) in [4.78, 5) is 16.4. The summed E-state index contributed by atoms with van der Waals surface area (Å²) in [6, 6.07) is 6.69. The summed E-state index contributed by atoms with van der Waals surface area (Å²) in [7, 11) is 0. The maximum absolute atomic E-state index is 11.9. The predicted molar refractivity (Wildman–Crippen MR) is 86.7 cm³/mol. The fraction of sp³-hybridized carbons (Fsp3) is 0.611. The van der Waals surface area contributed by atoms with Crippen molar-refractivity contribution in [2.45, 2.75) is 45.9 Å². The molecule has 1 aromatic carbocycles. The minimum Gasteiger partial charge on any atom is -0.374 e. The Kier molecular flexibility index (Phi) is 4.50. The number of likely N-dealkylation sites (tertiary alicyclic amines) is 1. The molecule has 22 heavy (non-hydrogen) atoms. The highest BCUT2D eigenvalue weighted by atomic mass is 16.5. The lowest BCUT2D eigenvalue weighted by Gasteiger charge is -2.47. The van der Waals surface area contributed by atoms with Crippen LogP contribution in [0.15, 0.2) is 18.2 Å². The van der Waals surface area contributed by atoms with Gasteiger partial charge in [-0.3, -0.25) is 9.69 Å². The van der Waals surface area contributed by atoms with E-state index in [-0.39, 0.29) is 18.1 Å². The molecular formula is C18H26N2O2. The highest BCUT2D eigenvalue weighted by molar-refractivity contribution is 5.73. The van der Waals surface area contributed by atoms with Gasteiger partial charge in [0.25, 0.3) is 0 Å². The van der Waals surface area contributed by atoms with E-state index in [1.165, 1.54) is 16.7 Å². The van der Waals surface area contributed by atoms with Crippen LogP contribution in [-0.4, -0.2) is 54.1 Å². The molecule has 2 atom stereocenters. The third-order valence-corrected chi connectivity index (χ3v) is 5.10. The number of aryl methyl sites for hydroxylation is 2. The van der Waals surface area contributed by atoms with E-state index in [0.717, 1.165) is 32.6 Å². The molecule has 2 aliphatic rings. The van der Waals surface area contributed by atoms with E-state index in [2.05, 4.69) is 36.9 Å². The average molecular weight is 302 g/mol. The fourth-order valence-corrected chi connectivity index (χ4v) is 3.79. The van der Waals surface area contributed by atoms with Gasteiger partial charge in [-0.25, -0.2) is 0 Å². The highest BCUT2D eigenvalue weighted by Crippen LogP contribution is 2.25. The van der Waals surface area contributed by atoms with Gasteiger partial charge in [0.05, 0.1) is 18.8 Å². The Balaban J connectivity index is 1.73. The molecule has 0 N–H and O–H groups in total. The molecule has 0 aromatic heterocycles. The summed E-state index contributed by atoms with van der Waals surface area (Å²) in [5, 5.41) is 0. The van der Waals surface area contributed by atoms with Crippen LogP contribution in [0.2, 0.25) is 0 Å². The molecule has 1 aromatic rings. The van der Waals surface area contributed by atoms with E-state index in [0.29, 0.717) is 6.61 Å². The third kappa shape index (κ3) is 3.03. The molecule has 1 amide bonds. The first-order chi connectivity index (χ1) is 10.6. The van der Waals surface area contributed by atoms with E-state index in [4.69, 9.17) is 4.74 Å². The van der Waals surface area contributed by atoms with Gasteiger partial charge in [-0.1, -0.05) is 18.2 Å². The Bertz CT molecular complexity index is 538. The van der Waals surface area contributed by atoms with E-state index in [1.54, 1.807) is 6.92 Å². The zero-order valence-corrected chi connectivity index (χ0v) is 13.8. The SMILES string of the molecule is CC(=O)N1CCO[C@H]2CCN(Cc3c(C)cccc3C)C[C@@H]21. The van der Waals surface area contributed by atoms with Crippen molar-refractivity contribution in [1.29, 1.82) is 0 Å². The quantitative estimate of drug-likeness (QED) is 0.839. The van der Waals surface area contributed by atoms with Gasteiger partial charge < -0.3 is 9.64 Å². The molecule has 0 saturated carbocycles. The maximum Gasteiger partial charge on any atom is 0.219 e. The molecule has 2 fully saturated rings. The summed E-state index contributed by atoms with van der Waals surface area (Å²) < 4.78 is 5.89. The first-order valence-electron chi connectivity index (χ1n) is 8.22. The van der Waals surface area contributed by atoms with Gasteiger partial charge in [0.15, 0.2) is 0 Å². The topological polar surface area (TPSA) is 32.8 Å². The fourth-order valence-electron chi connectivity index (χ4n) is 3.79. The number of piperidine rings is 1. The van der Waals surface area contributed by atoms with E-state index in [1.807, 2.05) is 4.90 Å². The number of hydrogen-bond donors (Lipinski definition) is 0. The zero-order chi connectivity index (χ0) is 15.7. The lowest BCUT2D eigenvalue weighted by Crippen LogP contribution is -2.60. The number of benzene rings is 1. The van der Waals surface area contributed by atoms with Gasteiger partial charge in [-0.2, -0.15) is 0 Å². The van der Waals surface area contributed by atoms with Gasteiger partial charge in [0.1, 0.15) is 0 Å². The van der Waals surface area contributed by atoms with Crippen molar-refractivity contribution in [2.24, 2.45) is 0 Å². The van der Waals surface area contributed by atoms with Crippen molar-refractivity contribution in [1.82, 2.24) is 9.80 Å². The van der Waals surface area contributed by atoms with Crippen molar-refractivity contribution in [3.63, 3.8) is 0 Å². The number of hydrogen-bond acceptors (Lipinski definition) is 3.